The zero-order valence-electron chi connectivity index (χ0n) is 7.41. The summed E-state index contributed by atoms with van der Waals surface area (Å²) in [6.07, 6.45) is -0.885. The van der Waals surface area contributed by atoms with Gasteiger partial charge in [-0.3, -0.25) is 0 Å². The largest absolute Gasteiger partial charge is 0.389 e. The first kappa shape index (κ1) is 10.2. The van der Waals surface area contributed by atoms with Crippen LogP contribution in [0.15, 0.2) is 30.3 Å². The zero-order chi connectivity index (χ0) is 9.52. The Balaban J connectivity index is 2.20. The Morgan fingerprint density at radius 2 is 2.00 bits per heavy atom. The van der Waals surface area contributed by atoms with Crippen LogP contribution in [0.3, 0.4) is 0 Å². The molecule has 1 rings (SSSR count). The lowest BCUT2D eigenvalue weighted by Crippen LogP contribution is -2.27. The number of alkyl halides is 1. The number of halogens is 1. The number of hydrogen-bond acceptors (Lipinski definition) is 2. The van der Waals surface area contributed by atoms with E-state index in [4.69, 9.17) is 5.11 Å². The molecule has 0 fully saturated rings. The molecule has 0 bridgehead atoms. The molecule has 0 radical (unpaired) electrons. The third-order valence-electron chi connectivity index (χ3n) is 1.73. The van der Waals surface area contributed by atoms with Crippen LogP contribution in [-0.2, 0) is 6.54 Å². The van der Waals surface area contributed by atoms with Gasteiger partial charge in [-0.25, -0.2) is 4.39 Å². The van der Waals surface area contributed by atoms with Crippen LogP contribution in [0.4, 0.5) is 4.39 Å². The maximum atomic E-state index is 11.8. The number of aliphatic hydroxyl groups is 1. The van der Waals surface area contributed by atoms with Gasteiger partial charge < -0.3 is 10.4 Å². The molecule has 1 unspecified atom stereocenters. The van der Waals surface area contributed by atoms with Crippen molar-refractivity contribution in [3.05, 3.63) is 35.9 Å². The average molecular weight is 182 g/mol. The summed E-state index contributed by atoms with van der Waals surface area (Å²) >= 11 is 0. The molecule has 0 heterocycles. The van der Waals surface area contributed by atoms with E-state index in [-0.39, 0.29) is 0 Å². The summed E-state index contributed by atoms with van der Waals surface area (Å²) in [6.45, 7) is 0.269. The van der Waals surface area contributed by atoms with Crippen LogP contribution in [0.1, 0.15) is 5.56 Å². The van der Waals surface area contributed by atoms with Crippen molar-refractivity contribution in [1.29, 1.82) is 0 Å². The molecule has 0 aromatic heterocycles. The van der Waals surface area contributed by atoms with Gasteiger partial charge in [0.15, 0.2) is 0 Å². The molecule has 0 aliphatic heterocycles. The Bertz CT molecular complexity index is 228. The smallest absolute Gasteiger partial charge is 0.117 e. The average Bonchev–Trinajstić information content (AvgIpc) is 2.19. The topological polar surface area (TPSA) is 32.3 Å². The van der Waals surface area contributed by atoms with Crippen LogP contribution in [-0.4, -0.2) is 24.4 Å². The van der Waals surface area contributed by atoms with E-state index in [9.17, 15) is 4.39 Å². The first-order chi connectivity index (χ1) is 6.33. The minimum Gasteiger partial charge on any atom is -0.389 e. The van der Waals surface area contributed by atoms with Crippen LogP contribution in [0, 0.1) is 0 Å². The van der Waals surface area contributed by atoms with Crippen molar-refractivity contribution in [2.75, 3.05) is 13.2 Å². The minimum atomic E-state index is -0.885. The van der Waals surface area contributed by atoms with Gasteiger partial charge in [0.2, 0.25) is 0 Å². The van der Waals surface area contributed by atoms with E-state index in [1.165, 1.54) is 0 Å². The fourth-order valence-electron chi connectivity index (χ4n) is 1.03. The normalized spacial score (nSPS) is 12.8. The summed E-state index contributed by atoms with van der Waals surface area (Å²) in [4.78, 5) is 0. The molecule has 2 N–H and O–H groups in total. The number of aliphatic hydroxyl groups excluding tert-OH is 1. The molecule has 0 saturated heterocycles. The molecule has 13 heavy (non-hydrogen) atoms. The molecule has 1 aromatic carbocycles. The monoisotopic (exact) mass is 182 g/mol. The molecule has 3 heteroatoms. The van der Waals surface area contributed by atoms with Crippen LogP contribution in [0.5, 0.6) is 0 Å². The standard InChI is InChI=1S/C10H14FNO/c11-6-10(13)8-12-7-9-4-2-1-3-5-9/h1-5,10,12-13H,6-8H2/i11-1. The minimum absolute atomic E-state index is 0.297. The van der Waals surface area contributed by atoms with E-state index >= 15 is 0 Å². The fraction of sp³-hybridized carbons (Fsp3) is 0.400. The van der Waals surface area contributed by atoms with E-state index < -0.39 is 12.8 Å². The lowest BCUT2D eigenvalue weighted by Gasteiger charge is -2.07. The molecular weight excluding hydrogens is 168 g/mol. The van der Waals surface area contributed by atoms with Crippen molar-refractivity contribution in [2.45, 2.75) is 12.6 Å². The molecule has 72 valence electrons. The highest BCUT2D eigenvalue weighted by Gasteiger charge is 2.00. The van der Waals surface area contributed by atoms with Gasteiger partial charge in [-0.15, -0.1) is 0 Å². The lowest BCUT2D eigenvalue weighted by molar-refractivity contribution is 0.137. The summed E-state index contributed by atoms with van der Waals surface area (Å²) in [5, 5.41) is 11.9. The SMILES string of the molecule is OC(C[18F])CNCc1ccccc1. The second-order valence-electron chi connectivity index (χ2n) is 2.92. The summed E-state index contributed by atoms with van der Waals surface area (Å²) in [5.74, 6) is 0. The van der Waals surface area contributed by atoms with Crippen LogP contribution >= 0.6 is 0 Å². The van der Waals surface area contributed by atoms with Gasteiger partial charge in [0.25, 0.3) is 0 Å². The lowest BCUT2D eigenvalue weighted by atomic mass is 10.2. The van der Waals surface area contributed by atoms with Gasteiger partial charge in [0, 0.05) is 13.1 Å². The van der Waals surface area contributed by atoms with Crippen molar-refractivity contribution in [2.24, 2.45) is 0 Å². The van der Waals surface area contributed by atoms with E-state index in [0.717, 1.165) is 5.56 Å². The predicted octanol–water partition coefficient (Wildman–Crippen LogP) is 1.11. The summed E-state index contributed by atoms with van der Waals surface area (Å²) in [7, 11) is 0. The van der Waals surface area contributed by atoms with Crippen LogP contribution in [0.2, 0.25) is 0 Å². The second-order valence-corrected chi connectivity index (χ2v) is 2.92. The maximum Gasteiger partial charge on any atom is 0.117 e. The van der Waals surface area contributed by atoms with Gasteiger partial charge in [-0.1, -0.05) is 30.3 Å². The van der Waals surface area contributed by atoms with E-state index in [2.05, 4.69) is 5.32 Å². The first-order valence-electron chi connectivity index (χ1n) is 4.31. The molecular formula is C10H14FNO. The van der Waals surface area contributed by atoms with Gasteiger partial charge in [-0.05, 0) is 5.56 Å². The van der Waals surface area contributed by atoms with Crippen LogP contribution < -0.4 is 5.32 Å². The summed E-state index contributed by atoms with van der Waals surface area (Å²) in [6, 6.07) is 9.80. The third-order valence-corrected chi connectivity index (χ3v) is 1.73. The van der Waals surface area contributed by atoms with E-state index in [1.54, 1.807) is 0 Å². The van der Waals surface area contributed by atoms with Crippen molar-refractivity contribution in [1.82, 2.24) is 5.32 Å². The molecule has 0 spiro atoms. The van der Waals surface area contributed by atoms with Crippen molar-refractivity contribution in [3.63, 3.8) is 0 Å². The van der Waals surface area contributed by atoms with E-state index in [1.807, 2.05) is 30.3 Å². The number of hydrogen-bond donors (Lipinski definition) is 2. The Morgan fingerprint density at radius 3 is 2.62 bits per heavy atom. The van der Waals surface area contributed by atoms with Gasteiger partial charge in [0.05, 0.1) is 6.10 Å². The maximum absolute atomic E-state index is 11.8. The Labute approximate surface area is 77.4 Å². The highest BCUT2D eigenvalue weighted by Crippen LogP contribution is 1.96. The van der Waals surface area contributed by atoms with Crippen molar-refractivity contribution < 1.29 is 9.50 Å². The number of nitrogens with one attached hydrogen (secondary N) is 1. The predicted molar refractivity (Wildman–Crippen MR) is 50.1 cm³/mol. The zero-order valence-corrected chi connectivity index (χ0v) is 7.41. The highest BCUT2D eigenvalue weighted by molar-refractivity contribution is 5.14. The van der Waals surface area contributed by atoms with Gasteiger partial charge in [0.1, 0.15) is 6.67 Å². The first-order valence-corrected chi connectivity index (χ1v) is 4.31. The van der Waals surface area contributed by atoms with Crippen LogP contribution in [0.25, 0.3) is 0 Å². The molecule has 0 aliphatic carbocycles. The molecule has 2 nitrogen and oxygen atoms in total. The van der Waals surface area contributed by atoms with Gasteiger partial charge in [-0.2, -0.15) is 0 Å². The van der Waals surface area contributed by atoms with E-state index in [0.29, 0.717) is 13.1 Å². The fourth-order valence-corrected chi connectivity index (χ4v) is 1.03. The summed E-state index contributed by atoms with van der Waals surface area (Å²) < 4.78 is 11.8. The van der Waals surface area contributed by atoms with Crippen molar-refractivity contribution >= 4 is 0 Å². The Morgan fingerprint density at radius 1 is 1.31 bits per heavy atom. The highest BCUT2D eigenvalue weighted by atomic mass is 18.2. The molecule has 1 atom stereocenters. The Kier molecular flexibility index (Phi) is 4.43. The Hall–Kier alpha value is -0.930. The third kappa shape index (κ3) is 4.01. The number of benzene rings is 1. The summed E-state index contributed by atoms with van der Waals surface area (Å²) in [5.41, 5.74) is 1.13. The second kappa shape index (κ2) is 5.67. The van der Waals surface area contributed by atoms with Crippen molar-refractivity contribution in [3.8, 4) is 0 Å². The van der Waals surface area contributed by atoms with Gasteiger partial charge >= 0.3 is 0 Å². The molecule has 0 amide bonds. The molecule has 0 aliphatic rings. The molecule has 0 saturated carbocycles. The number of rotatable bonds is 5. The quantitative estimate of drug-likeness (QED) is 0.715. The molecule has 1 aromatic rings.